The number of unbranched alkanes of at least 4 members (excludes halogenated alkanes) is 1. The molecule has 1 fully saturated rings. The summed E-state index contributed by atoms with van der Waals surface area (Å²) in [4.78, 5) is 2.75. The third-order valence-electron chi connectivity index (χ3n) is 7.65. The number of sulfonamides is 1. The van der Waals surface area contributed by atoms with Gasteiger partial charge < -0.3 is 9.33 Å². The van der Waals surface area contributed by atoms with Crippen LogP contribution in [-0.2, 0) is 14.4 Å². The first-order valence-corrected chi connectivity index (χ1v) is 17.3. The van der Waals surface area contributed by atoms with Crippen LogP contribution in [0.25, 0.3) is 0 Å². The van der Waals surface area contributed by atoms with Crippen LogP contribution >= 0.6 is 0 Å². The average molecular weight is 505 g/mol. The number of hydrogen-bond acceptors (Lipinski definition) is 4. The number of allylic oxidation sites excluding steroid dienone is 2. The molecule has 1 aliphatic heterocycles. The van der Waals surface area contributed by atoms with Gasteiger partial charge in [0.25, 0.3) is 10.0 Å². The van der Waals surface area contributed by atoms with Gasteiger partial charge in [0.1, 0.15) is 0 Å². The monoisotopic (exact) mass is 504 g/mol. The number of aryl methyl sites for hydroxylation is 1. The van der Waals surface area contributed by atoms with Crippen LogP contribution in [0.5, 0.6) is 0 Å². The van der Waals surface area contributed by atoms with Crippen molar-refractivity contribution < 1.29 is 12.8 Å². The molecule has 1 aromatic rings. The molecule has 0 spiro atoms. The van der Waals surface area contributed by atoms with E-state index in [0.29, 0.717) is 6.42 Å². The Labute approximate surface area is 208 Å². The first-order valence-electron chi connectivity index (χ1n) is 12.9. The molecule has 2 aliphatic rings. The Hall–Kier alpha value is -1.44. The molecule has 3 rings (SSSR count). The van der Waals surface area contributed by atoms with Crippen molar-refractivity contribution in [3.63, 3.8) is 0 Å². The molecule has 1 heterocycles. The predicted molar refractivity (Wildman–Crippen MR) is 144 cm³/mol. The lowest BCUT2D eigenvalue weighted by Crippen LogP contribution is -2.40. The summed E-state index contributed by atoms with van der Waals surface area (Å²) in [5.74, 6) is 0. The van der Waals surface area contributed by atoms with Crippen molar-refractivity contribution in [2.75, 3.05) is 19.7 Å². The smallest absolute Gasteiger partial charge is 0.282 e. The van der Waals surface area contributed by atoms with Gasteiger partial charge >= 0.3 is 0 Å². The van der Waals surface area contributed by atoms with Gasteiger partial charge in [0, 0.05) is 25.4 Å². The minimum absolute atomic E-state index is 0.195. The van der Waals surface area contributed by atoms with Crippen LogP contribution in [0, 0.1) is 6.92 Å². The molecule has 190 valence electrons. The van der Waals surface area contributed by atoms with E-state index in [0.717, 1.165) is 63.1 Å². The highest BCUT2D eigenvalue weighted by Gasteiger charge is 2.36. The number of nitrogens with zero attached hydrogens (tertiary/aromatic N) is 2. The highest BCUT2D eigenvalue weighted by atomic mass is 32.2. The molecule has 1 saturated heterocycles. The van der Waals surface area contributed by atoms with Crippen LogP contribution < -0.4 is 0 Å². The molecule has 7 heteroatoms. The summed E-state index contributed by atoms with van der Waals surface area (Å²) in [7, 11) is -5.50. The van der Waals surface area contributed by atoms with Crippen LogP contribution in [0.4, 0.5) is 0 Å². The zero-order valence-electron chi connectivity index (χ0n) is 22.1. The fourth-order valence-electron chi connectivity index (χ4n) is 4.47. The van der Waals surface area contributed by atoms with E-state index < -0.39 is 18.3 Å². The molecule has 0 aromatic heterocycles. The van der Waals surface area contributed by atoms with E-state index in [1.165, 1.54) is 24.1 Å². The zero-order valence-corrected chi connectivity index (χ0v) is 23.9. The molecule has 0 amide bonds. The van der Waals surface area contributed by atoms with Crippen molar-refractivity contribution >= 4 is 24.1 Å². The molecule has 5 nitrogen and oxygen atoms in total. The van der Waals surface area contributed by atoms with Crippen LogP contribution in [0.15, 0.2) is 44.8 Å². The standard InChI is InChI=1S/C27H44N2O3SSi/c1-22-15-17-23(18-16-22)33(30,31)28-25(13-7-10-21-32-34(5,6)27(2,3)4)24-12-11-14-26(24)29-19-8-9-20-29/h15-18H,7-14,19-21H2,1-6H3/b28-25+. The lowest BCUT2D eigenvalue weighted by Gasteiger charge is -2.36. The summed E-state index contributed by atoms with van der Waals surface area (Å²) in [6.45, 7) is 16.2. The number of hydrogen-bond donors (Lipinski definition) is 0. The van der Waals surface area contributed by atoms with E-state index in [1.54, 1.807) is 12.1 Å². The van der Waals surface area contributed by atoms with E-state index in [2.05, 4.69) is 43.2 Å². The van der Waals surface area contributed by atoms with Crippen molar-refractivity contribution in [1.82, 2.24) is 4.90 Å². The second-order valence-electron chi connectivity index (χ2n) is 11.4. The van der Waals surface area contributed by atoms with Crippen LogP contribution in [0.3, 0.4) is 0 Å². The molecule has 1 aliphatic carbocycles. The fraction of sp³-hybridized carbons (Fsp3) is 0.667. The average Bonchev–Trinajstić information content (AvgIpc) is 3.43. The molecule has 0 bridgehead atoms. The second-order valence-corrected chi connectivity index (χ2v) is 17.8. The van der Waals surface area contributed by atoms with Gasteiger partial charge in [-0.1, -0.05) is 38.5 Å². The Bertz CT molecular complexity index is 999. The molecule has 0 unspecified atom stereocenters. The first-order chi connectivity index (χ1) is 15.9. The molecule has 0 N–H and O–H groups in total. The first kappa shape index (κ1) is 27.1. The van der Waals surface area contributed by atoms with E-state index >= 15 is 0 Å². The molecule has 0 saturated carbocycles. The Morgan fingerprint density at radius 3 is 2.29 bits per heavy atom. The van der Waals surface area contributed by atoms with Crippen molar-refractivity contribution in [2.45, 2.75) is 102 Å². The topological polar surface area (TPSA) is 59.0 Å². The van der Waals surface area contributed by atoms with Crippen LogP contribution in [-0.4, -0.2) is 47.0 Å². The number of rotatable bonds is 10. The summed E-state index contributed by atoms with van der Waals surface area (Å²) in [6, 6.07) is 7.02. The third-order valence-corrected chi connectivity index (χ3v) is 13.5. The van der Waals surface area contributed by atoms with Gasteiger partial charge in [-0.05, 0) is 94.1 Å². The lowest BCUT2D eigenvalue weighted by molar-refractivity contribution is 0.280. The zero-order chi connectivity index (χ0) is 25.0. The molecule has 0 radical (unpaired) electrons. The van der Waals surface area contributed by atoms with Gasteiger partial charge in [-0.3, -0.25) is 0 Å². The van der Waals surface area contributed by atoms with Crippen molar-refractivity contribution in [3.05, 3.63) is 41.1 Å². The van der Waals surface area contributed by atoms with Crippen molar-refractivity contribution in [2.24, 2.45) is 4.40 Å². The second kappa shape index (κ2) is 11.1. The number of likely N-dealkylation sites (tertiary alicyclic amines) is 1. The lowest BCUT2D eigenvalue weighted by atomic mass is 10.0. The summed E-state index contributed by atoms with van der Waals surface area (Å²) in [5.41, 5.74) is 4.34. The molecule has 0 atom stereocenters. The molecule has 1 aromatic carbocycles. The Balaban J connectivity index is 1.79. The van der Waals surface area contributed by atoms with E-state index in [9.17, 15) is 8.42 Å². The maximum atomic E-state index is 13.2. The Morgan fingerprint density at radius 2 is 1.68 bits per heavy atom. The highest BCUT2D eigenvalue weighted by molar-refractivity contribution is 7.90. The fourth-order valence-corrected chi connectivity index (χ4v) is 6.64. The molecular formula is C27H44N2O3SSi. The minimum Gasteiger partial charge on any atom is -0.417 e. The third kappa shape index (κ3) is 6.82. The largest absolute Gasteiger partial charge is 0.417 e. The maximum Gasteiger partial charge on any atom is 0.282 e. The van der Waals surface area contributed by atoms with Crippen molar-refractivity contribution in [3.8, 4) is 0 Å². The summed E-state index contributed by atoms with van der Waals surface area (Å²) in [6.07, 6.45) is 7.96. The minimum atomic E-state index is -3.74. The van der Waals surface area contributed by atoms with Gasteiger partial charge in [-0.25, -0.2) is 0 Å². The van der Waals surface area contributed by atoms with Gasteiger partial charge in [0.2, 0.25) is 0 Å². The van der Waals surface area contributed by atoms with Gasteiger partial charge in [-0.15, -0.1) is 0 Å². The van der Waals surface area contributed by atoms with Crippen LogP contribution in [0.2, 0.25) is 18.1 Å². The summed E-state index contributed by atoms with van der Waals surface area (Å²) in [5, 5.41) is 0.195. The highest BCUT2D eigenvalue weighted by Crippen LogP contribution is 2.37. The molecular weight excluding hydrogens is 460 g/mol. The van der Waals surface area contributed by atoms with Gasteiger partial charge in [-0.2, -0.15) is 12.8 Å². The normalized spacial score (nSPS) is 18.3. The summed E-state index contributed by atoms with van der Waals surface area (Å²) < 4.78 is 37.3. The SMILES string of the molecule is Cc1ccc(S(=O)(=O)/N=C(\CCCCO[Si](C)(C)C(C)(C)C)C2=C(N3CCCC3)CCC2)cc1. The Kier molecular flexibility index (Phi) is 8.85. The predicted octanol–water partition coefficient (Wildman–Crippen LogP) is 6.85. The maximum absolute atomic E-state index is 13.2. The Morgan fingerprint density at radius 1 is 1.03 bits per heavy atom. The van der Waals surface area contributed by atoms with E-state index in [4.69, 9.17) is 4.43 Å². The van der Waals surface area contributed by atoms with Gasteiger partial charge in [0.05, 0.1) is 10.6 Å². The summed E-state index contributed by atoms with van der Waals surface area (Å²) >= 11 is 0. The molecule has 34 heavy (non-hydrogen) atoms. The van der Waals surface area contributed by atoms with Crippen LogP contribution in [0.1, 0.15) is 77.7 Å². The quantitative estimate of drug-likeness (QED) is 0.199. The number of benzene rings is 1. The van der Waals surface area contributed by atoms with Crippen molar-refractivity contribution in [1.29, 1.82) is 0 Å². The van der Waals surface area contributed by atoms with Gasteiger partial charge in [0.15, 0.2) is 8.32 Å². The van der Waals surface area contributed by atoms with E-state index in [1.807, 2.05) is 19.1 Å². The van der Waals surface area contributed by atoms with E-state index in [-0.39, 0.29) is 9.93 Å².